The Labute approximate surface area is 273 Å². The molecule has 5 aromatic carbocycles. The highest BCUT2D eigenvalue weighted by atomic mass is 14.9. The summed E-state index contributed by atoms with van der Waals surface area (Å²) in [5.41, 5.74) is 16.0. The molecule has 0 saturated heterocycles. The summed E-state index contributed by atoms with van der Waals surface area (Å²) in [5, 5.41) is 1.04. The summed E-state index contributed by atoms with van der Waals surface area (Å²) in [6, 6.07) is 45.1. The van der Waals surface area contributed by atoms with Gasteiger partial charge >= 0.3 is 0 Å². The zero-order valence-electron chi connectivity index (χ0n) is 25.6. The van der Waals surface area contributed by atoms with Gasteiger partial charge in [0.05, 0.1) is 16.6 Å². The van der Waals surface area contributed by atoms with Crippen molar-refractivity contribution in [3.8, 4) is 22.4 Å². The molecule has 0 N–H and O–H groups in total. The van der Waals surface area contributed by atoms with Crippen LogP contribution in [0, 0.1) is 5.41 Å². The number of para-hydroxylation sites is 1. The first-order chi connectivity index (χ1) is 23.3. The van der Waals surface area contributed by atoms with Crippen LogP contribution in [0.3, 0.4) is 0 Å². The normalized spacial score (nSPS) is 18.4. The highest BCUT2D eigenvalue weighted by molar-refractivity contribution is 6.10. The van der Waals surface area contributed by atoms with E-state index in [-0.39, 0.29) is 0 Å². The number of hydrogen-bond acceptors (Lipinski definition) is 2. The quantitative estimate of drug-likeness (QED) is 0.203. The van der Waals surface area contributed by atoms with E-state index >= 15 is 0 Å². The van der Waals surface area contributed by atoms with Gasteiger partial charge in [-0.1, -0.05) is 152 Å². The van der Waals surface area contributed by atoms with Gasteiger partial charge < -0.3 is 0 Å². The molecule has 6 aromatic rings. The molecular formula is C45H28N2. The molecule has 1 unspecified atom stereocenters. The number of aromatic nitrogens is 2. The van der Waals surface area contributed by atoms with E-state index in [0.717, 1.165) is 39.1 Å². The molecule has 0 radical (unpaired) electrons. The molecule has 1 atom stereocenters. The predicted molar refractivity (Wildman–Crippen MR) is 195 cm³/mol. The Morgan fingerprint density at radius 1 is 0.447 bits per heavy atom. The van der Waals surface area contributed by atoms with Crippen molar-refractivity contribution in [1.29, 1.82) is 0 Å². The fourth-order valence-corrected chi connectivity index (χ4v) is 8.01. The Hall–Kier alpha value is -6.12. The lowest BCUT2D eigenvalue weighted by atomic mass is 9.61. The van der Waals surface area contributed by atoms with E-state index in [2.05, 4.69) is 170 Å². The van der Waals surface area contributed by atoms with Gasteiger partial charge in [0.1, 0.15) is 0 Å². The molecule has 0 fully saturated rings. The topological polar surface area (TPSA) is 25.8 Å². The molecule has 47 heavy (non-hydrogen) atoms. The minimum absolute atomic E-state index is 0.565. The SMILES string of the molecule is C1=CC2(C3=Cc4ccccc4C3=C1)C1=Cc3ccccc3C1=CC=C2c1nc(-c2ccccc2-c2ccccc2)c2ccccc2n1. The average molecular weight is 597 g/mol. The van der Waals surface area contributed by atoms with Gasteiger partial charge in [-0.25, -0.2) is 9.97 Å². The van der Waals surface area contributed by atoms with Gasteiger partial charge in [-0.2, -0.15) is 0 Å². The van der Waals surface area contributed by atoms with Crippen LogP contribution in [-0.4, -0.2) is 9.97 Å². The van der Waals surface area contributed by atoms with Gasteiger partial charge in [-0.15, -0.1) is 0 Å². The number of nitrogens with zero attached hydrogens (tertiary/aromatic N) is 2. The lowest BCUT2D eigenvalue weighted by molar-refractivity contribution is 0.768. The Morgan fingerprint density at radius 2 is 1.04 bits per heavy atom. The van der Waals surface area contributed by atoms with Crippen LogP contribution in [0.15, 0.2) is 169 Å². The van der Waals surface area contributed by atoms with Crippen LogP contribution in [0.4, 0.5) is 0 Å². The molecule has 218 valence electrons. The Morgan fingerprint density at radius 3 is 1.79 bits per heavy atom. The summed E-state index contributed by atoms with van der Waals surface area (Å²) in [4.78, 5) is 10.9. The van der Waals surface area contributed by atoms with E-state index in [1.165, 1.54) is 50.1 Å². The van der Waals surface area contributed by atoms with Crippen LogP contribution in [0.25, 0.3) is 62.2 Å². The maximum atomic E-state index is 5.54. The summed E-state index contributed by atoms with van der Waals surface area (Å²) >= 11 is 0. The fourth-order valence-electron chi connectivity index (χ4n) is 8.01. The lowest BCUT2D eigenvalue weighted by Gasteiger charge is -2.41. The van der Waals surface area contributed by atoms with Crippen molar-refractivity contribution < 1.29 is 0 Å². The highest BCUT2D eigenvalue weighted by Gasteiger charge is 2.49. The fraction of sp³-hybridized carbons (Fsp3) is 0.0222. The molecule has 4 aliphatic carbocycles. The summed E-state index contributed by atoms with van der Waals surface area (Å²) < 4.78 is 0. The van der Waals surface area contributed by atoms with Crippen molar-refractivity contribution in [3.05, 3.63) is 197 Å². The van der Waals surface area contributed by atoms with E-state index in [0.29, 0.717) is 0 Å². The maximum Gasteiger partial charge on any atom is 0.157 e. The van der Waals surface area contributed by atoms with E-state index in [1.807, 2.05) is 0 Å². The van der Waals surface area contributed by atoms with Gasteiger partial charge in [0.15, 0.2) is 5.82 Å². The minimum atomic E-state index is -0.565. The predicted octanol–water partition coefficient (Wildman–Crippen LogP) is 10.9. The molecule has 0 amide bonds. The van der Waals surface area contributed by atoms with Crippen LogP contribution in [0.2, 0.25) is 0 Å². The molecule has 10 rings (SSSR count). The number of rotatable bonds is 3. The molecule has 2 nitrogen and oxygen atoms in total. The second-order valence-corrected chi connectivity index (χ2v) is 12.5. The molecule has 1 heterocycles. The summed E-state index contributed by atoms with van der Waals surface area (Å²) in [7, 11) is 0. The third-order valence-electron chi connectivity index (χ3n) is 10.1. The van der Waals surface area contributed by atoms with Crippen LogP contribution in [0.1, 0.15) is 28.1 Å². The zero-order valence-corrected chi connectivity index (χ0v) is 25.6. The van der Waals surface area contributed by atoms with Gasteiger partial charge in [0.25, 0.3) is 0 Å². The molecule has 0 bridgehead atoms. The third-order valence-corrected chi connectivity index (χ3v) is 10.1. The first kappa shape index (κ1) is 26.1. The second kappa shape index (κ2) is 9.94. The maximum absolute atomic E-state index is 5.54. The van der Waals surface area contributed by atoms with E-state index < -0.39 is 5.41 Å². The van der Waals surface area contributed by atoms with Crippen molar-refractivity contribution in [2.75, 3.05) is 0 Å². The van der Waals surface area contributed by atoms with Crippen molar-refractivity contribution in [2.24, 2.45) is 5.41 Å². The Kier molecular flexibility index (Phi) is 5.53. The smallest absolute Gasteiger partial charge is 0.157 e. The Bertz CT molecular complexity index is 2480. The first-order valence-electron chi connectivity index (χ1n) is 16.2. The number of allylic oxidation sites excluding steroid dienone is 10. The van der Waals surface area contributed by atoms with Crippen LogP contribution < -0.4 is 0 Å². The van der Waals surface area contributed by atoms with Crippen LogP contribution >= 0.6 is 0 Å². The first-order valence-corrected chi connectivity index (χ1v) is 16.2. The summed E-state index contributed by atoms with van der Waals surface area (Å²) in [6.45, 7) is 0. The number of fused-ring (bicyclic) bond motifs is 9. The molecule has 0 aliphatic heterocycles. The van der Waals surface area contributed by atoms with Gasteiger partial charge in [-0.3, -0.25) is 0 Å². The van der Waals surface area contributed by atoms with Crippen molar-refractivity contribution in [3.63, 3.8) is 0 Å². The minimum Gasteiger partial charge on any atom is -0.228 e. The molecule has 0 saturated carbocycles. The second-order valence-electron chi connectivity index (χ2n) is 12.5. The number of hydrogen-bond donors (Lipinski definition) is 0. The van der Waals surface area contributed by atoms with Crippen molar-refractivity contribution >= 4 is 39.8 Å². The molecular weight excluding hydrogens is 569 g/mol. The molecule has 4 aliphatic rings. The highest BCUT2D eigenvalue weighted by Crippen LogP contribution is 2.63. The lowest BCUT2D eigenvalue weighted by Crippen LogP contribution is -2.29. The van der Waals surface area contributed by atoms with Crippen LogP contribution in [-0.2, 0) is 0 Å². The van der Waals surface area contributed by atoms with Gasteiger partial charge in [-0.05, 0) is 73.9 Å². The average Bonchev–Trinajstić information content (AvgIpc) is 3.72. The number of benzene rings is 5. The van der Waals surface area contributed by atoms with E-state index in [4.69, 9.17) is 9.97 Å². The zero-order chi connectivity index (χ0) is 31.0. The molecule has 1 aromatic heterocycles. The van der Waals surface area contributed by atoms with Crippen molar-refractivity contribution in [1.82, 2.24) is 9.97 Å². The Balaban J connectivity index is 1.25. The van der Waals surface area contributed by atoms with Gasteiger partial charge in [0, 0.05) is 16.5 Å². The summed E-state index contributed by atoms with van der Waals surface area (Å²) in [6.07, 6.45) is 16.2. The van der Waals surface area contributed by atoms with E-state index in [9.17, 15) is 0 Å². The van der Waals surface area contributed by atoms with Crippen molar-refractivity contribution in [2.45, 2.75) is 0 Å². The van der Waals surface area contributed by atoms with E-state index in [1.54, 1.807) is 0 Å². The standard InChI is InChI=1S/C45H28N2/c1-2-13-29(14-3-1)32-17-8-9-20-37(32)43-38-21-10-11-23-42(38)46-44(47-43)39-25-24-36-34-19-7-5-16-31(34)28-41(36)45(39)26-12-22-35-33-18-6-4-15-30(33)27-40(35)45/h1-28H. The molecule has 2 heteroatoms. The van der Waals surface area contributed by atoms with Gasteiger partial charge in [0.2, 0.25) is 0 Å². The van der Waals surface area contributed by atoms with Crippen LogP contribution in [0.5, 0.6) is 0 Å². The summed E-state index contributed by atoms with van der Waals surface area (Å²) in [5.74, 6) is 0.747. The third kappa shape index (κ3) is 3.73. The monoisotopic (exact) mass is 596 g/mol. The largest absolute Gasteiger partial charge is 0.228 e. The molecule has 1 spiro atoms.